The highest BCUT2D eigenvalue weighted by Gasteiger charge is 2.32. The molecule has 1 aromatic carbocycles. The monoisotopic (exact) mass is 338 g/mol. The average Bonchev–Trinajstić information content (AvgIpc) is 2.46. The zero-order valence-electron chi connectivity index (χ0n) is 11.8. The molecule has 0 radical (unpaired) electrons. The molecule has 1 N–H and O–H groups in total. The highest BCUT2D eigenvalue weighted by Crippen LogP contribution is 2.26. The van der Waals surface area contributed by atoms with Crippen molar-refractivity contribution in [3.05, 3.63) is 29.8 Å². The van der Waals surface area contributed by atoms with Crippen LogP contribution in [0.2, 0.25) is 0 Å². The van der Waals surface area contributed by atoms with E-state index >= 15 is 0 Å². The maximum Gasteiger partial charge on any atom is 0.573 e. The fourth-order valence-electron chi connectivity index (χ4n) is 2.24. The van der Waals surface area contributed by atoms with Gasteiger partial charge in [-0.3, -0.25) is 0 Å². The summed E-state index contributed by atoms with van der Waals surface area (Å²) >= 11 is 0. The molecule has 1 saturated heterocycles. The SMILES string of the molecule is O=S(=O)(NCc1ccccc1OC(F)(F)F)N1CCCCC1. The molecule has 124 valence electrons. The van der Waals surface area contributed by atoms with Gasteiger partial charge in [0.2, 0.25) is 0 Å². The molecule has 5 nitrogen and oxygen atoms in total. The van der Waals surface area contributed by atoms with Crippen LogP contribution in [0.25, 0.3) is 0 Å². The quantitative estimate of drug-likeness (QED) is 0.897. The van der Waals surface area contributed by atoms with Gasteiger partial charge in [-0.25, -0.2) is 0 Å². The van der Waals surface area contributed by atoms with Gasteiger partial charge in [-0.15, -0.1) is 13.2 Å². The number of para-hydroxylation sites is 1. The van der Waals surface area contributed by atoms with E-state index in [2.05, 4.69) is 9.46 Å². The second kappa shape index (κ2) is 6.84. The third kappa shape index (κ3) is 4.85. The van der Waals surface area contributed by atoms with Crippen molar-refractivity contribution in [3.63, 3.8) is 0 Å². The number of alkyl halides is 3. The average molecular weight is 338 g/mol. The summed E-state index contributed by atoms with van der Waals surface area (Å²) < 4.78 is 68.7. The number of nitrogens with one attached hydrogen (secondary N) is 1. The van der Waals surface area contributed by atoms with Gasteiger partial charge in [-0.1, -0.05) is 24.6 Å². The van der Waals surface area contributed by atoms with Gasteiger partial charge in [0.1, 0.15) is 5.75 Å². The van der Waals surface area contributed by atoms with Gasteiger partial charge >= 0.3 is 6.36 Å². The van der Waals surface area contributed by atoms with E-state index in [0.29, 0.717) is 13.1 Å². The first kappa shape index (κ1) is 17.0. The number of hydrogen-bond acceptors (Lipinski definition) is 3. The Morgan fingerprint density at radius 2 is 1.77 bits per heavy atom. The van der Waals surface area contributed by atoms with Crippen molar-refractivity contribution in [1.29, 1.82) is 0 Å². The zero-order valence-corrected chi connectivity index (χ0v) is 12.6. The predicted octanol–water partition coefficient (Wildman–Crippen LogP) is 2.41. The van der Waals surface area contributed by atoms with E-state index in [4.69, 9.17) is 0 Å². The van der Waals surface area contributed by atoms with Crippen LogP contribution < -0.4 is 9.46 Å². The molecular weight excluding hydrogens is 321 g/mol. The molecule has 0 spiro atoms. The van der Waals surface area contributed by atoms with E-state index in [1.54, 1.807) is 0 Å². The van der Waals surface area contributed by atoms with Crippen LogP contribution in [0.3, 0.4) is 0 Å². The van der Waals surface area contributed by atoms with Gasteiger partial charge in [0, 0.05) is 25.2 Å². The van der Waals surface area contributed by atoms with Crippen molar-refractivity contribution in [2.24, 2.45) is 0 Å². The lowest BCUT2D eigenvalue weighted by atomic mass is 10.2. The van der Waals surface area contributed by atoms with E-state index in [-0.39, 0.29) is 12.1 Å². The van der Waals surface area contributed by atoms with Gasteiger partial charge in [0.25, 0.3) is 10.2 Å². The maximum absolute atomic E-state index is 12.3. The lowest BCUT2D eigenvalue weighted by Crippen LogP contribution is -2.43. The highest BCUT2D eigenvalue weighted by atomic mass is 32.2. The lowest BCUT2D eigenvalue weighted by molar-refractivity contribution is -0.274. The minimum absolute atomic E-state index is 0.125. The normalized spacial score (nSPS) is 17.4. The molecule has 0 aliphatic carbocycles. The molecule has 0 unspecified atom stereocenters. The van der Waals surface area contributed by atoms with Crippen molar-refractivity contribution in [3.8, 4) is 5.75 Å². The van der Waals surface area contributed by atoms with Crippen LogP contribution in [-0.4, -0.2) is 32.2 Å². The number of ether oxygens (including phenoxy) is 1. The van der Waals surface area contributed by atoms with Crippen LogP contribution >= 0.6 is 0 Å². The first-order valence-corrected chi connectivity index (χ1v) is 8.30. The highest BCUT2D eigenvalue weighted by molar-refractivity contribution is 7.87. The maximum atomic E-state index is 12.3. The van der Waals surface area contributed by atoms with Gasteiger partial charge in [0.15, 0.2) is 0 Å². The zero-order chi connectivity index (χ0) is 16.2. The van der Waals surface area contributed by atoms with E-state index < -0.39 is 22.3 Å². The summed E-state index contributed by atoms with van der Waals surface area (Å²) in [6.45, 7) is 0.594. The van der Waals surface area contributed by atoms with Crippen LogP contribution in [0.15, 0.2) is 24.3 Å². The molecule has 0 atom stereocenters. The molecule has 9 heteroatoms. The Bertz CT molecular complexity index is 599. The molecule has 0 aromatic heterocycles. The molecule has 1 aromatic rings. The molecule has 0 saturated carbocycles. The summed E-state index contributed by atoms with van der Waals surface area (Å²) in [5, 5.41) is 0. The number of benzene rings is 1. The molecule has 0 amide bonds. The second-order valence-electron chi connectivity index (χ2n) is 4.94. The van der Waals surface area contributed by atoms with Gasteiger partial charge < -0.3 is 4.74 Å². The summed E-state index contributed by atoms with van der Waals surface area (Å²) in [5.41, 5.74) is 0.125. The van der Waals surface area contributed by atoms with Crippen molar-refractivity contribution < 1.29 is 26.3 Å². The molecule has 1 heterocycles. The van der Waals surface area contributed by atoms with Crippen LogP contribution in [0, 0.1) is 0 Å². The van der Waals surface area contributed by atoms with Crippen molar-refractivity contribution in [2.45, 2.75) is 32.2 Å². The molecule has 2 rings (SSSR count). The molecular formula is C13H17F3N2O3S. The standard InChI is InChI=1S/C13H17F3N2O3S/c14-13(15,16)21-12-7-3-2-6-11(12)10-17-22(19,20)18-8-4-1-5-9-18/h2-3,6-7,17H,1,4-5,8-10H2. The molecule has 0 bridgehead atoms. The number of hydrogen-bond donors (Lipinski definition) is 1. The Kier molecular flexibility index (Phi) is 5.30. The number of nitrogens with zero attached hydrogens (tertiary/aromatic N) is 1. The summed E-state index contributed by atoms with van der Waals surface area (Å²) in [6, 6.07) is 5.45. The van der Waals surface area contributed by atoms with Crippen molar-refractivity contribution >= 4 is 10.2 Å². The largest absolute Gasteiger partial charge is 0.573 e. The van der Waals surface area contributed by atoms with Crippen molar-refractivity contribution in [1.82, 2.24) is 9.03 Å². The van der Waals surface area contributed by atoms with E-state index in [1.807, 2.05) is 0 Å². The Morgan fingerprint density at radius 3 is 2.41 bits per heavy atom. The van der Waals surface area contributed by atoms with Gasteiger partial charge in [-0.05, 0) is 18.9 Å². The molecule has 1 aliphatic heterocycles. The van der Waals surface area contributed by atoms with Crippen LogP contribution in [0.5, 0.6) is 5.75 Å². The lowest BCUT2D eigenvalue weighted by Gasteiger charge is -2.26. The van der Waals surface area contributed by atoms with E-state index in [9.17, 15) is 21.6 Å². The Hall–Kier alpha value is -1.32. The van der Waals surface area contributed by atoms with Crippen LogP contribution in [-0.2, 0) is 16.8 Å². The summed E-state index contributed by atoms with van der Waals surface area (Å²) in [4.78, 5) is 0. The fourth-order valence-corrected chi connectivity index (χ4v) is 3.50. The summed E-state index contributed by atoms with van der Waals surface area (Å²) in [7, 11) is -3.70. The van der Waals surface area contributed by atoms with E-state index in [1.165, 1.54) is 22.5 Å². The molecule has 1 fully saturated rings. The Balaban J connectivity index is 2.05. The van der Waals surface area contributed by atoms with E-state index in [0.717, 1.165) is 25.3 Å². The summed E-state index contributed by atoms with van der Waals surface area (Å²) in [5.74, 6) is -0.406. The fraction of sp³-hybridized carbons (Fsp3) is 0.538. The third-order valence-corrected chi connectivity index (χ3v) is 4.85. The topological polar surface area (TPSA) is 58.6 Å². The first-order chi connectivity index (χ1) is 10.3. The van der Waals surface area contributed by atoms with Gasteiger partial charge in [0.05, 0.1) is 0 Å². The van der Waals surface area contributed by atoms with Crippen LogP contribution in [0.1, 0.15) is 24.8 Å². The minimum Gasteiger partial charge on any atom is -0.405 e. The first-order valence-electron chi connectivity index (χ1n) is 6.86. The Labute approximate surface area is 127 Å². The second-order valence-corrected chi connectivity index (χ2v) is 6.70. The molecule has 1 aliphatic rings. The number of halogens is 3. The summed E-state index contributed by atoms with van der Waals surface area (Å²) in [6.07, 6.45) is -2.26. The van der Waals surface area contributed by atoms with Crippen LogP contribution in [0.4, 0.5) is 13.2 Å². The number of piperidine rings is 1. The predicted molar refractivity (Wildman–Crippen MR) is 74.3 cm³/mol. The number of rotatable bonds is 5. The smallest absolute Gasteiger partial charge is 0.405 e. The minimum atomic E-state index is -4.82. The third-order valence-electron chi connectivity index (χ3n) is 3.30. The Morgan fingerprint density at radius 1 is 1.14 bits per heavy atom. The van der Waals surface area contributed by atoms with Crippen molar-refractivity contribution in [2.75, 3.05) is 13.1 Å². The molecule has 22 heavy (non-hydrogen) atoms. The van der Waals surface area contributed by atoms with Gasteiger partial charge in [-0.2, -0.15) is 17.4 Å².